The number of fused-ring (bicyclic) bond motifs is 1. The van der Waals surface area contributed by atoms with E-state index in [0.717, 1.165) is 11.1 Å². The summed E-state index contributed by atoms with van der Waals surface area (Å²) in [5.74, 6) is -0.501. The lowest BCUT2D eigenvalue weighted by Crippen LogP contribution is -1.90. The molecule has 0 radical (unpaired) electrons. The number of nitrogens with zero attached hydrogens (tertiary/aromatic N) is 4. The molecule has 0 aliphatic carbocycles. The lowest BCUT2D eigenvalue weighted by Gasteiger charge is -2.02. The maximum absolute atomic E-state index is 13.0. The molecular formula is C11H7FN4. The number of aromatic nitrogens is 4. The van der Waals surface area contributed by atoms with E-state index < -0.39 is 5.95 Å². The van der Waals surface area contributed by atoms with E-state index in [1.807, 2.05) is 12.1 Å². The van der Waals surface area contributed by atoms with Crippen LogP contribution in [0.25, 0.3) is 16.8 Å². The molecule has 78 valence electrons. The van der Waals surface area contributed by atoms with E-state index in [9.17, 15) is 4.39 Å². The van der Waals surface area contributed by atoms with E-state index in [0.29, 0.717) is 5.65 Å². The van der Waals surface area contributed by atoms with Crippen molar-refractivity contribution in [3.05, 3.63) is 48.9 Å². The molecule has 0 N–H and O–H groups in total. The summed E-state index contributed by atoms with van der Waals surface area (Å²) in [5, 5.41) is 4.02. The molecule has 0 atom stereocenters. The minimum absolute atomic E-state index is 0.501. The largest absolute Gasteiger partial charge is 0.228 e. The van der Waals surface area contributed by atoms with E-state index in [1.165, 1.54) is 18.6 Å². The van der Waals surface area contributed by atoms with Crippen LogP contribution in [-0.4, -0.2) is 19.6 Å². The normalized spacial score (nSPS) is 10.8. The summed E-state index contributed by atoms with van der Waals surface area (Å²) in [5.41, 5.74) is 2.28. The van der Waals surface area contributed by atoms with Crippen molar-refractivity contribution in [2.75, 3.05) is 0 Å². The summed E-state index contributed by atoms with van der Waals surface area (Å²) in [6.07, 6.45) is 4.70. The average molecular weight is 214 g/mol. The molecule has 5 heteroatoms. The van der Waals surface area contributed by atoms with Crippen LogP contribution in [-0.2, 0) is 0 Å². The van der Waals surface area contributed by atoms with Crippen LogP contribution in [0.5, 0.6) is 0 Å². The molecule has 0 saturated carbocycles. The standard InChI is InChI=1S/C11H7FN4/c12-10-6-8(3-4-13-10)9-2-1-5-16-11(9)14-7-15-16/h1-7H. The topological polar surface area (TPSA) is 43.1 Å². The number of halogens is 1. The number of pyridine rings is 2. The molecule has 0 unspecified atom stereocenters. The highest BCUT2D eigenvalue weighted by molar-refractivity contribution is 5.76. The highest BCUT2D eigenvalue weighted by atomic mass is 19.1. The van der Waals surface area contributed by atoms with Gasteiger partial charge in [0.05, 0.1) is 0 Å². The van der Waals surface area contributed by atoms with E-state index in [-0.39, 0.29) is 0 Å². The van der Waals surface area contributed by atoms with E-state index in [1.54, 1.807) is 16.8 Å². The smallest absolute Gasteiger partial charge is 0.213 e. The van der Waals surface area contributed by atoms with Gasteiger partial charge >= 0.3 is 0 Å². The Morgan fingerprint density at radius 3 is 3.00 bits per heavy atom. The van der Waals surface area contributed by atoms with Gasteiger partial charge < -0.3 is 0 Å². The third-order valence-corrected chi connectivity index (χ3v) is 2.34. The van der Waals surface area contributed by atoms with Gasteiger partial charge in [-0.2, -0.15) is 9.49 Å². The zero-order valence-corrected chi connectivity index (χ0v) is 8.21. The lowest BCUT2D eigenvalue weighted by atomic mass is 10.1. The number of hydrogen-bond donors (Lipinski definition) is 0. The van der Waals surface area contributed by atoms with Gasteiger partial charge in [-0.3, -0.25) is 0 Å². The van der Waals surface area contributed by atoms with Crippen molar-refractivity contribution in [1.82, 2.24) is 19.6 Å². The van der Waals surface area contributed by atoms with Gasteiger partial charge in [0.15, 0.2) is 5.65 Å². The summed E-state index contributed by atoms with van der Waals surface area (Å²) < 4.78 is 14.7. The highest BCUT2D eigenvalue weighted by Crippen LogP contribution is 2.22. The van der Waals surface area contributed by atoms with Crippen LogP contribution >= 0.6 is 0 Å². The van der Waals surface area contributed by atoms with Gasteiger partial charge in [-0.05, 0) is 23.8 Å². The Hall–Kier alpha value is -2.30. The fraction of sp³-hybridized carbons (Fsp3) is 0. The quantitative estimate of drug-likeness (QED) is 0.581. The first-order valence-electron chi connectivity index (χ1n) is 4.75. The Labute approximate surface area is 90.4 Å². The van der Waals surface area contributed by atoms with Crippen molar-refractivity contribution in [3.8, 4) is 11.1 Å². The summed E-state index contributed by atoms with van der Waals surface area (Å²) in [6, 6.07) is 6.84. The second-order valence-electron chi connectivity index (χ2n) is 3.32. The van der Waals surface area contributed by atoms with Crippen molar-refractivity contribution >= 4 is 5.65 Å². The zero-order valence-electron chi connectivity index (χ0n) is 8.21. The third kappa shape index (κ3) is 1.33. The summed E-state index contributed by atoms with van der Waals surface area (Å²) in [7, 11) is 0. The SMILES string of the molecule is Fc1cc(-c2cccn3ncnc23)ccn1. The fourth-order valence-corrected chi connectivity index (χ4v) is 1.64. The molecule has 3 heterocycles. The lowest BCUT2D eigenvalue weighted by molar-refractivity contribution is 0.584. The number of rotatable bonds is 1. The second-order valence-corrected chi connectivity index (χ2v) is 3.32. The number of hydrogen-bond acceptors (Lipinski definition) is 3. The van der Waals surface area contributed by atoms with E-state index in [4.69, 9.17) is 0 Å². The second kappa shape index (κ2) is 3.37. The minimum Gasteiger partial charge on any atom is -0.228 e. The predicted molar refractivity (Wildman–Crippen MR) is 56.2 cm³/mol. The Balaban J connectivity index is 2.29. The molecule has 0 amide bonds. The molecule has 3 aromatic rings. The van der Waals surface area contributed by atoms with Gasteiger partial charge in [0.2, 0.25) is 5.95 Å². The monoisotopic (exact) mass is 214 g/mol. The molecule has 3 aromatic heterocycles. The zero-order chi connectivity index (χ0) is 11.0. The van der Waals surface area contributed by atoms with Crippen molar-refractivity contribution in [2.45, 2.75) is 0 Å². The minimum atomic E-state index is -0.501. The van der Waals surface area contributed by atoms with Crippen LogP contribution in [0, 0.1) is 5.95 Å². The maximum Gasteiger partial charge on any atom is 0.213 e. The van der Waals surface area contributed by atoms with Crippen molar-refractivity contribution in [2.24, 2.45) is 0 Å². The van der Waals surface area contributed by atoms with Crippen LogP contribution in [0.2, 0.25) is 0 Å². The Morgan fingerprint density at radius 2 is 2.12 bits per heavy atom. The summed E-state index contributed by atoms with van der Waals surface area (Å²) in [6.45, 7) is 0. The van der Waals surface area contributed by atoms with Gasteiger partial charge in [0.1, 0.15) is 6.33 Å². The summed E-state index contributed by atoms with van der Waals surface area (Å²) in [4.78, 5) is 7.66. The van der Waals surface area contributed by atoms with Gasteiger partial charge in [-0.25, -0.2) is 14.5 Å². The van der Waals surface area contributed by atoms with Crippen LogP contribution < -0.4 is 0 Å². The Bertz CT molecular complexity index is 647. The average Bonchev–Trinajstić information content (AvgIpc) is 2.76. The van der Waals surface area contributed by atoms with E-state index >= 15 is 0 Å². The first kappa shape index (κ1) is 8.96. The first-order valence-corrected chi connectivity index (χ1v) is 4.75. The molecule has 0 aromatic carbocycles. The van der Waals surface area contributed by atoms with Gasteiger partial charge in [0.25, 0.3) is 0 Å². The molecule has 0 aliphatic heterocycles. The molecule has 3 rings (SSSR count). The first-order chi connectivity index (χ1) is 7.84. The van der Waals surface area contributed by atoms with Crippen LogP contribution in [0.4, 0.5) is 4.39 Å². The van der Waals surface area contributed by atoms with Gasteiger partial charge in [-0.15, -0.1) is 0 Å². The van der Waals surface area contributed by atoms with Gasteiger partial charge in [0, 0.05) is 24.0 Å². The molecule has 4 nitrogen and oxygen atoms in total. The molecule has 0 aliphatic rings. The summed E-state index contributed by atoms with van der Waals surface area (Å²) >= 11 is 0. The Kier molecular flexibility index (Phi) is 1.89. The Morgan fingerprint density at radius 1 is 1.19 bits per heavy atom. The molecular weight excluding hydrogens is 207 g/mol. The van der Waals surface area contributed by atoms with Crippen molar-refractivity contribution in [3.63, 3.8) is 0 Å². The molecule has 16 heavy (non-hydrogen) atoms. The highest BCUT2D eigenvalue weighted by Gasteiger charge is 2.06. The maximum atomic E-state index is 13.0. The van der Waals surface area contributed by atoms with Crippen molar-refractivity contribution < 1.29 is 4.39 Å². The fourth-order valence-electron chi connectivity index (χ4n) is 1.64. The van der Waals surface area contributed by atoms with Crippen molar-refractivity contribution in [1.29, 1.82) is 0 Å². The van der Waals surface area contributed by atoms with E-state index in [2.05, 4.69) is 15.1 Å². The van der Waals surface area contributed by atoms with Gasteiger partial charge in [-0.1, -0.05) is 0 Å². The van der Waals surface area contributed by atoms with Crippen LogP contribution in [0.1, 0.15) is 0 Å². The third-order valence-electron chi connectivity index (χ3n) is 2.34. The molecule has 0 fully saturated rings. The molecule has 0 spiro atoms. The predicted octanol–water partition coefficient (Wildman–Crippen LogP) is 1.93. The molecule has 0 saturated heterocycles. The molecule has 0 bridgehead atoms. The van der Waals surface area contributed by atoms with Crippen LogP contribution in [0.15, 0.2) is 43.0 Å². The van der Waals surface area contributed by atoms with Crippen LogP contribution in [0.3, 0.4) is 0 Å².